The van der Waals surface area contributed by atoms with Gasteiger partial charge in [0.25, 0.3) is 0 Å². The van der Waals surface area contributed by atoms with Crippen molar-refractivity contribution in [1.82, 2.24) is 4.57 Å². The summed E-state index contributed by atoms with van der Waals surface area (Å²) in [5, 5.41) is 2.97. The molecular formula is C27H24FN3O. The zero-order valence-corrected chi connectivity index (χ0v) is 17.7. The highest BCUT2D eigenvalue weighted by atomic mass is 19.1. The van der Waals surface area contributed by atoms with Gasteiger partial charge in [0.2, 0.25) is 5.91 Å². The van der Waals surface area contributed by atoms with Gasteiger partial charge in [-0.2, -0.15) is 0 Å². The van der Waals surface area contributed by atoms with Gasteiger partial charge in [0.05, 0.1) is 6.42 Å². The Hall–Kier alpha value is -3.86. The van der Waals surface area contributed by atoms with Crippen LogP contribution in [0.1, 0.15) is 16.7 Å². The van der Waals surface area contributed by atoms with E-state index in [1.54, 1.807) is 12.1 Å². The van der Waals surface area contributed by atoms with Crippen LogP contribution in [0.4, 0.5) is 15.8 Å². The summed E-state index contributed by atoms with van der Waals surface area (Å²) < 4.78 is 15.1. The molecule has 0 fully saturated rings. The molecule has 0 spiro atoms. The number of aromatic nitrogens is 1. The van der Waals surface area contributed by atoms with Gasteiger partial charge >= 0.3 is 0 Å². The Morgan fingerprint density at radius 1 is 0.906 bits per heavy atom. The molecule has 0 bridgehead atoms. The molecule has 5 rings (SSSR count). The molecule has 1 aromatic heterocycles. The molecule has 0 radical (unpaired) electrons. The van der Waals surface area contributed by atoms with Crippen LogP contribution in [0, 0.1) is 5.82 Å². The molecule has 1 aliphatic rings. The lowest BCUT2D eigenvalue weighted by Crippen LogP contribution is -2.19. The van der Waals surface area contributed by atoms with E-state index < -0.39 is 0 Å². The predicted octanol–water partition coefficient (Wildman–Crippen LogP) is 5.36. The number of benzene rings is 3. The number of fused-ring (bicyclic) bond motifs is 1. The lowest BCUT2D eigenvalue weighted by atomic mass is 10.1. The number of carbonyl (C=O) groups is 1. The maximum Gasteiger partial charge on any atom is 0.228 e. The van der Waals surface area contributed by atoms with E-state index in [9.17, 15) is 9.18 Å². The first-order valence-corrected chi connectivity index (χ1v) is 10.8. The number of rotatable bonds is 6. The zero-order chi connectivity index (χ0) is 21.9. The summed E-state index contributed by atoms with van der Waals surface area (Å²) in [6.45, 7) is 1.82. The summed E-state index contributed by atoms with van der Waals surface area (Å²) in [5.74, 6) is -0.400. The topological polar surface area (TPSA) is 37.3 Å². The van der Waals surface area contributed by atoms with Gasteiger partial charge in [0.1, 0.15) is 5.82 Å². The molecule has 4 aromatic rings. The van der Waals surface area contributed by atoms with Crippen molar-refractivity contribution in [2.45, 2.75) is 19.4 Å². The lowest BCUT2D eigenvalue weighted by Gasteiger charge is -2.20. The fourth-order valence-electron chi connectivity index (χ4n) is 4.21. The molecule has 0 saturated heterocycles. The average Bonchev–Trinajstić information content (AvgIpc) is 3.46. The van der Waals surface area contributed by atoms with E-state index >= 15 is 0 Å². The molecule has 0 aliphatic carbocycles. The number of carbonyl (C=O) groups excluding carboxylic acids is 1. The highest BCUT2D eigenvalue weighted by molar-refractivity contribution is 5.92. The molecular weight excluding hydrogens is 401 g/mol. The minimum absolute atomic E-state index is 0.103. The van der Waals surface area contributed by atoms with Gasteiger partial charge in [-0.1, -0.05) is 24.3 Å². The van der Waals surface area contributed by atoms with Crippen molar-refractivity contribution in [2.75, 3.05) is 16.8 Å². The van der Waals surface area contributed by atoms with Crippen LogP contribution in [-0.4, -0.2) is 17.0 Å². The summed E-state index contributed by atoms with van der Waals surface area (Å²) in [5.41, 5.74) is 6.48. The first kappa shape index (κ1) is 20.1. The van der Waals surface area contributed by atoms with Crippen LogP contribution in [0.5, 0.6) is 0 Å². The quantitative estimate of drug-likeness (QED) is 0.452. The largest absolute Gasteiger partial charge is 0.367 e. The van der Waals surface area contributed by atoms with E-state index in [0.29, 0.717) is 0 Å². The molecule has 0 saturated carbocycles. The molecule has 2 heterocycles. The van der Waals surface area contributed by atoms with E-state index in [2.05, 4.69) is 51.2 Å². The van der Waals surface area contributed by atoms with E-state index in [0.717, 1.165) is 36.4 Å². The Morgan fingerprint density at radius 2 is 1.62 bits per heavy atom. The molecule has 160 valence electrons. The third-order valence-corrected chi connectivity index (χ3v) is 5.85. The number of amides is 1. The minimum Gasteiger partial charge on any atom is -0.367 e. The van der Waals surface area contributed by atoms with Crippen molar-refractivity contribution in [3.05, 3.63) is 114 Å². The fourth-order valence-corrected chi connectivity index (χ4v) is 4.21. The second-order valence-electron chi connectivity index (χ2n) is 8.12. The molecule has 5 heteroatoms. The smallest absolute Gasteiger partial charge is 0.228 e. The normalized spacial score (nSPS) is 12.6. The number of nitrogens with zero attached hydrogens (tertiary/aromatic N) is 2. The average molecular weight is 426 g/mol. The van der Waals surface area contributed by atoms with Crippen molar-refractivity contribution in [2.24, 2.45) is 0 Å². The molecule has 0 atom stereocenters. The van der Waals surface area contributed by atoms with Gasteiger partial charge in [-0.25, -0.2) is 4.39 Å². The van der Waals surface area contributed by atoms with Gasteiger partial charge in [-0.05, 0) is 77.7 Å². The summed E-state index contributed by atoms with van der Waals surface area (Å²) >= 11 is 0. The van der Waals surface area contributed by atoms with Crippen LogP contribution in [-0.2, 0) is 24.2 Å². The van der Waals surface area contributed by atoms with Crippen LogP contribution in [0.3, 0.4) is 0 Å². The molecule has 1 N–H and O–H groups in total. The van der Waals surface area contributed by atoms with Crippen LogP contribution in [0.2, 0.25) is 0 Å². The third-order valence-electron chi connectivity index (χ3n) is 5.85. The monoisotopic (exact) mass is 425 g/mol. The van der Waals surface area contributed by atoms with Crippen molar-refractivity contribution >= 4 is 17.3 Å². The predicted molar refractivity (Wildman–Crippen MR) is 126 cm³/mol. The second kappa shape index (κ2) is 8.71. The molecule has 1 amide bonds. The Balaban J connectivity index is 1.22. The number of nitrogens with one attached hydrogen (secondary N) is 1. The van der Waals surface area contributed by atoms with Crippen LogP contribution >= 0.6 is 0 Å². The van der Waals surface area contributed by atoms with Gasteiger partial charge in [-0.15, -0.1) is 0 Å². The SMILES string of the molecule is O=C(Cc1ccc(F)cc1)Nc1ccc2c(c1)CCN2Cc1ccc(-n2cccc2)cc1. The Kier molecular flexibility index (Phi) is 5.46. The first-order chi connectivity index (χ1) is 15.6. The molecule has 32 heavy (non-hydrogen) atoms. The maximum atomic E-state index is 13.0. The highest BCUT2D eigenvalue weighted by Crippen LogP contribution is 2.31. The fraction of sp³-hybridized carbons (Fsp3) is 0.148. The Bertz CT molecular complexity index is 1220. The van der Waals surface area contributed by atoms with Crippen LogP contribution in [0.15, 0.2) is 91.3 Å². The van der Waals surface area contributed by atoms with E-state index in [1.807, 2.05) is 30.6 Å². The standard InChI is InChI=1S/C27H24FN3O/c28-23-7-3-20(4-8-23)17-27(32)29-24-9-12-26-22(18-24)13-16-31(26)19-21-5-10-25(11-6-21)30-14-1-2-15-30/h1-12,14-15,18H,13,16-17,19H2,(H,29,32). The van der Waals surface area contributed by atoms with E-state index in [1.165, 1.54) is 28.9 Å². The molecule has 0 unspecified atom stereocenters. The van der Waals surface area contributed by atoms with Gasteiger partial charge in [-0.3, -0.25) is 4.79 Å². The van der Waals surface area contributed by atoms with Crippen LogP contribution < -0.4 is 10.2 Å². The number of hydrogen-bond acceptors (Lipinski definition) is 2. The van der Waals surface area contributed by atoms with Crippen molar-refractivity contribution in [3.63, 3.8) is 0 Å². The molecule has 1 aliphatic heterocycles. The van der Waals surface area contributed by atoms with Gasteiger partial charge in [0, 0.05) is 42.5 Å². The third kappa shape index (κ3) is 4.42. The zero-order valence-electron chi connectivity index (χ0n) is 17.7. The molecule has 3 aromatic carbocycles. The van der Waals surface area contributed by atoms with Gasteiger partial charge < -0.3 is 14.8 Å². The van der Waals surface area contributed by atoms with Crippen molar-refractivity contribution < 1.29 is 9.18 Å². The van der Waals surface area contributed by atoms with Crippen molar-refractivity contribution in [1.29, 1.82) is 0 Å². The second-order valence-corrected chi connectivity index (χ2v) is 8.12. The van der Waals surface area contributed by atoms with E-state index in [4.69, 9.17) is 0 Å². The number of anilines is 2. The maximum absolute atomic E-state index is 13.0. The lowest BCUT2D eigenvalue weighted by molar-refractivity contribution is -0.115. The summed E-state index contributed by atoms with van der Waals surface area (Å²) in [6, 6.07) is 24.8. The van der Waals surface area contributed by atoms with E-state index in [-0.39, 0.29) is 18.1 Å². The minimum atomic E-state index is -0.297. The Morgan fingerprint density at radius 3 is 2.38 bits per heavy atom. The Labute approximate surface area is 186 Å². The summed E-state index contributed by atoms with van der Waals surface area (Å²) in [7, 11) is 0. The van der Waals surface area contributed by atoms with Gasteiger partial charge in [0.15, 0.2) is 0 Å². The van der Waals surface area contributed by atoms with Crippen LogP contribution in [0.25, 0.3) is 5.69 Å². The summed E-state index contributed by atoms with van der Waals surface area (Å²) in [6.07, 6.45) is 5.27. The first-order valence-electron chi connectivity index (χ1n) is 10.8. The number of hydrogen-bond donors (Lipinski definition) is 1. The van der Waals surface area contributed by atoms with Crippen molar-refractivity contribution in [3.8, 4) is 5.69 Å². The summed E-state index contributed by atoms with van der Waals surface area (Å²) in [4.78, 5) is 14.7. The molecule has 4 nitrogen and oxygen atoms in total. The highest BCUT2D eigenvalue weighted by Gasteiger charge is 2.20. The number of halogens is 1.